The monoisotopic (exact) mass is 236 g/mol. The van der Waals surface area contributed by atoms with Crippen molar-refractivity contribution in [1.82, 2.24) is 4.98 Å². The third-order valence-electron chi connectivity index (χ3n) is 2.02. The Morgan fingerprint density at radius 2 is 2.33 bits per heavy atom. The van der Waals surface area contributed by atoms with Crippen LogP contribution in [0.15, 0.2) is 46.2 Å². The predicted octanol–water partition coefficient (Wildman–Crippen LogP) is 2.94. The maximum atomic E-state index is 5.78. The number of hydrogen-bond donors (Lipinski definition) is 1. The van der Waals surface area contributed by atoms with Gasteiger partial charge in [0.1, 0.15) is 0 Å². The lowest BCUT2D eigenvalue weighted by Gasteiger charge is -2.12. The van der Waals surface area contributed by atoms with Crippen molar-refractivity contribution in [3.05, 3.63) is 47.6 Å². The van der Waals surface area contributed by atoms with E-state index < -0.39 is 0 Å². The van der Waals surface area contributed by atoms with Crippen LogP contribution in [-0.2, 0) is 0 Å². The van der Waals surface area contributed by atoms with Crippen molar-refractivity contribution in [2.45, 2.75) is 9.46 Å². The molecule has 0 spiro atoms. The molecule has 0 bridgehead atoms. The molecule has 2 N–H and O–H groups in total. The molecule has 0 amide bonds. The highest BCUT2D eigenvalue weighted by Crippen LogP contribution is 2.36. The normalized spacial score (nSPS) is 12.6. The Kier molecular flexibility index (Phi) is 3.77. The molecular weight excluding hydrogens is 224 g/mol. The molecule has 0 radical (unpaired) electrons. The van der Waals surface area contributed by atoms with E-state index in [0.29, 0.717) is 11.8 Å². The van der Waals surface area contributed by atoms with Crippen LogP contribution in [0.2, 0.25) is 0 Å². The van der Waals surface area contributed by atoms with Gasteiger partial charge in [0.05, 0.1) is 4.21 Å². The first kappa shape index (κ1) is 10.7. The van der Waals surface area contributed by atoms with Gasteiger partial charge in [0, 0.05) is 24.2 Å². The lowest BCUT2D eigenvalue weighted by atomic mass is 10.2. The van der Waals surface area contributed by atoms with Crippen molar-refractivity contribution in [1.29, 1.82) is 0 Å². The van der Waals surface area contributed by atoms with Gasteiger partial charge in [-0.3, -0.25) is 4.98 Å². The average molecular weight is 236 g/mol. The highest BCUT2D eigenvalue weighted by atomic mass is 32.2. The van der Waals surface area contributed by atoms with Gasteiger partial charge in [-0.2, -0.15) is 0 Å². The molecule has 0 saturated heterocycles. The van der Waals surface area contributed by atoms with Crippen LogP contribution in [0, 0.1) is 0 Å². The van der Waals surface area contributed by atoms with Gasteiger partial charge < -0.3 is 5.73 Å². The molecule has 0 aliphatic rings. The molecule has 0 aliphatic heterocycles. The number of thioether (sulfide) groups is 1. The summed E-state index contributed by atoms with van der Waals surface area (Å²) in [6.07, 6.45) is 3.67. The molecule has 0 saturated carbocycles. The van der Waals surface area contributed by atoms with Gasteiger partial charge in [0.2, 0.25) is 0 Å². The minimum atomic E-state index is 0.303. The third-order valence-corrected chi connectivity index (χ3v) is 4.38. The van der Waals surface area contributed by atoms with E-state index in [1.54, 1.807) is 29.3 Å². The molecule has 2 nitrogen and oxygen atoms in total. The van der Waals surface area contributed by atoms with Crippen LogP contribution in [0.1, 0.15) is 10.8 Å². The van der Waals surface area contributed by atoms with Crippen molar-refractivity contribution in [2.24, 2.45) is 5.73 Å². The first-order valence-electron chi connectivity index (χ1n) is 4.70. The second kappa shape index (κ2) is 5.30. The Labute approximate surface area is 97.5 Å². The van der Waals surface area contributed by atoms with Gasteiger partial charge in [-0.25, -0.2) is 0 Å². The summed E-state index contributed by atoms with van der Waals surface area (Å²) in [5.41, 5.74) is 6.97. The molecule has 2 heterocycles. The zero-order valence-electron chi connectivity index (χ0n) is 8.17. The Morgan fingerprint density at radius 3 is 2.93 bits per heavy atom. The minimum absolute atomic E-state index is 0.303. The third kappa shape index (κ3) is 2.81. The summed E-state index contributed by atoms with van der Waals surface area (Å²) in [7, 11) is 0. The standard InChI is InChI=1S/C11H12N2S2/c12-7-10(9-3-1-5-13-8-9)15-11-4-2-6-14-11/h1-6,8,10H,7,12H2. The fourth-order valence-electron chi connectivity index (χ4n) is 1.29. The molecule has 0 aliphatic carbocycles. The number of nitrogens with zero attached hydrogens (tertiary/aromatic N) is 1. The van der Waals surface area contributed by atoms with E-state index in [2.05, 4.69) is 28.6 Å². The largest absolute Gasteiger partial charge is 0.329 e. The fourth-order valence-corrected chi connectivity index (χ4v) is 3.28. The Hall–Kier alpha value is -0.840. The maximum absolute atomic E-state index is 5.78. The van der Waals surface area contributed by atoms with Crippen molar-refractivity contribution >= 4 is 23.1 Å². The van der Waals surface area contributed by atoms with Gasteiger partial charge in [-0.1, -0.05) is 12.1 Å². The Bertz CT molecular complexity index is 386. The van der Waals surface area contributed by atoms with Gasteiger partial charge in [-0.05, 0) is 23.1 Å². The smallest absolute Gasteiger partial charge is 0.0604 e. The number of hydrogen-bond acceptors (Lipinski definition) is 4. The number of rotatable bonds is 4. The first-order chi connectivity index (χ1) is 7.40. The van der Waals surface area contributed by atoms with Crippen LogP contribution >= 0.6 is 23.1 Å². The molecule has 78 valence electrons. The summed E-state index contributed by atoms with van der Waals surface area (Å²) >= 11 is 3.55. The van der Waals surface area contributed by atoms with E-state index in [4.69, 9.17) is 5.73 Å². The summed E-state index contributed by atoms with van der Waals surface area (Å²) < 4.78 is 1.30. The highest BCUT2D eigenvalue weighted by molar-refractivity contribution is 8.01. The van der Waals surface area contributed by atoms with E-state index >= 15 is 0 Å². The summed E-state index contributed by atoms with van der Waals surface area (Å²) in [6.45, 7) is 0.633. The lowest BCUT2D eigenvalue weighted by molar-refractivity contribution is 0.933. The summed E-state index contributed by atoms with van der Waals surface area (Å²) in [4.78, 5) is 4.12. The quantitative estimate of drug-likeness (QED) is 0.830. The number of aromatic nitrogens is 1. The van der Waals surface area contributed by atoms with E-state index in [0.717, 1.165) is 0 Å². The summed E-state index contributed by atoms with van der Waals surface area (Å²) in [6, 6.07) is 8.20. The van der Waals surface area contributed by atoms with Gasteiger partial charge in [0.25, 0.3) is 0 Å². The van der Waals surface area contributed by atoms with Crippen molar-refractivity contribution < 1.29 is 0 Å². The lowest BCUT2D eigenvalue weighted by Crippen LogP contribution is -2.09. The van der Waals surface area contributed by atoms with Crippen molar-refractivity contribution in [2.75, 3.05) is 6.54 Å². The average Bonchev–Trinajstić information content (AvgIpc) is 2.80. The molecule has 4 heteroatoms. The van der Waals surface area contributed by atoms with Gasteiger partial charge >= 0.3 is 0 Å². The van der Waals surface area contributed by atoms with E-state index in [9.17, 15) is 0 Å². The van der Waals surface area contributed by atoms with Crippen LogP contribution in [0.3, 0.4) is 0 Å². The van der Waals surface area contributed by atoms with E-state index in [-0.39, 0.29) is 0 Å². The molecule has 2 rings (SSSR count). The van der Waals surface area contributed by atoms with Crippen LogP contribution in [0.25, 0.3) is 0 Å². The second-order valence-electron chi connectivity index (χ2n) is 3.06. The molecule has 2 aromatic rings. The Morgan fingerprint density at radius 1 is 1.40 bits per heavy atom. The number of pyridine rings is 1. The van der Waals surface area contributed by atoms with Crippen molar-refractivity contribution in [3.63, 3.8) is 0 Å². The Balaban J connectivity index is 2.12. The SMILES string of the molecule is NCC(Sc1cccs1)c1cccnc1. The maximum Gasteiger partial charge on any atom is 0.0604 e. The highest BCUT2D eigenvalue weighted by Gasteiger charge is 2.11. The molecule has 0 fully saturated rings. The predicted molar refractivity (Wildman–Crippen MR) is 66.2 cm³/mol. The molecule has 1 unspecified atom stereocenters. The molecule has 15 heavy (non-hydrogen) atoms. The summed E-state index contributed by atoms with van der Waals surface area (Å²) in [5, 5.41) is 2.39. The van der Waals surface area contributed by atoms with E-state index in [1.807, 2.05) is 12.3 Å². The second-order valence-corrected chi connectivity index (χ2v) is 5.51. The summed E-state index contributed by atoms with van der Waals surface area (Å²) in [5.74, 6) is 0. The van der Waals surface area contributed by atoms with E-state index in [1.165, 1.54) is 9.77 Å². The van der Waals surface area contributed by atoms with Gasteiger partial charge in [0.15, 0.2) is 0 Å². The number of thiophene rings is 1. The van der Waals surface area contributed by atoms with Crippen LogP contribution < -0.4 is 5.73 Å². The van der Waals surface area contributed by atoms with Gasteiger partial charge in [-0.15, -0.1) is 23.1 Å². The molecule has 1 atom stereocenters. The zero-order valence-corrected chi connectivity index (χ0v) is 9.80. The van der Waals surface area contributed by atoms with Crippen LogP contribution in [0.4, 0.5) is 0 Å². The van der Waals surface area contributed by atoms with Crippen LogP contribution in [0.5, 0.6) is 0 Å². The fraction of sp³-hybridized carbons (Fsp3) is 0.182. The molecule has 0 aromatic carbocycles. The molecular formula is C11H12N2S2. The topological polar surface area (TPSA) is 38.9 Å². The van der Waals surface area contributed by atoms with Crippen LogP contribution in [-0.4, -0.2) is 11.5 Å². The van der Waals surface area contributed by atoms with Crippen molar-refractivity contribution in [3.8, 4) is 0 Å². The minimum Gasteiger partial charge on any atom is -0.329 e. The zero-order chi connectivity index (χ0) is 10.5. The first-order valence-corrected chi connectivity index (χ1v) is 6.46. The number of nitrogens with two attached hydrogens (primary N) is 1. The molecule has 2 aromatic heterocycles.